The average molecular weight is 651 g/mol. The Morgan fingerprint density at radius 2 is 1.24 bits per heavy atom. The van der Waals surface area contributed by atoms with Crippen LogP contribution in [0.25, 0.3) is 0 Å². The Morgan fingerprint density at radius 3 is 1.78 bits per heavy atom. The SMILES string of the molecule is CCCC(OC(=O)CCCCCNC(=O)CCCCCNC(=O)CCCCCN1C(=O)C=CC1=O)OC(=O)ON1C(=O)CCC1=O. The Balaban J connectivity index is 1.40. The van der Waals surface area contributed by atoms with Crippen molar-refractivity contribution in [2.45, 2.75) is 116 Å². The van der Waals surface area contributed by atoms with Crippen LogP contribution in [0.4, 0.5) is 4.79 Å². The van der Waals surface area contributed by atoms with Crippen LogP contribution >= 0.6 is 0 Å². The number of rotatable bonds is 23. The molecule has 2 rings (SSSR count). The highest BCUT2D eigenvalue weighted by atomic mass is 16.9. The number of hydrogen-bond acceptors (Lipinski definition) is 11. The van der Waals surface area contributed by atoms with E-state index in [9.17, 15) is 38.4 Å². The van der Waals surface area contributed by atoms with Crippen molar-refractivity contribution in [2.24, 2.45) is 0 Å². The lowest BCUT2D eigenvalue weighted by molar-refractivity contribution is -0.194. The van der Waals surface area contributed by atoms with Crippen LogP contribution in [0, 0.1) is 0 Å². The van der Waals surface area contributed by atoms with E-state index in [-0.39, 0.29) is 49.3 Å². The number of ether oxygens (including phenoxy) is 2. The van der Waals surface area contributed by atoms with Crippen LogP contribution in [-0.2, 0) is 47.9 Å². The van der Waals surface area contributed by atoms with Gasteiger partial charge in [-0.25, -0.2) is 4.79 Å². The lowest BCUT2D eigenvalue weighted by atomic mass is 10.1. The summed E-state index contributed by atoms with van der Waals surface area (Å²) in [4.78, 5) is 100.0. The van der Waals surface area contributed by atoms with Crippen molar-refractivity contribution in [3.05, 3.63) is 12.2 Å². The zero-order chi connectivity index (χ0) is 33.7. The number of amides is 6. The molecular formula is C31H46N4O11. The molecule has 0 saturated carbocycles. The summed E-state index contributed by atoms with van der Waals surface area (Å²) < 4.78 is 10.2. The molecule has 0 radical (unpaired) electrons. The van der Waals surface area contributed by atoms with Gasteiger partial charge in [0, 0.05) is 70.3 Å². The second-order valence-corrected chi connectivity index (χ2v) is 11.0. The topological polar surface area (TPSA) is 195 Å². The minimum atomic E-state index is -1.30. The maximum absolute atomic E-state index is 12.2. The standard InChI is InChI=1S/C31H46N4O11/c1-2-12-30(45-31(43)46-35-27(40)18-19-28(35)41)44-29(42)15-8-4-10-21-33-23(36)13-6-3-9-20-32-24(37)14-7-5-11-22-34-25(38)16-17-26(34)39/h16-17,30H,2-15,18-22H2,1H3,(H,32,37)(H,33,36). The van der Waals surface area contributed by atoms with E-state index in [1.165, 1.54) is 17.1 Å². The number of unbranched alkanes of at least 4 members (excludes halogenated alkanes) is 6. The largest absolute Gasteiger partial charge is 0.537 e. The quantitative estimate of drug-likeness (QED) is 0.0714. The summed E-state index contributed by atoms with van der Waals surface area (Å²) in [6, 6.07) is 0. The summed E-state index contributed by atoms with van der Waals surface area (Å²) in [5.41, 5.74) is 0. The van der Waals surface area contributed by atoms with E-state index in [0.717, 1.165) is 19.3 Å². The van der Waals surface area contributed by atoms with E-state index >= 15 is 0 Å². The van der Waals surface area contributed by atoms with Crippen molar-refractivity contribution in [3.8, 4) is 0 Å². The first-order chi connectivity index (χ1) is 22.1. The molecule has 1 unspecified atom stereocenters. The molecule has 2 aliphatic rings. The summed E-state index contributed by atoms with van der Waals surface area (Å²) in [7, 11) is 0. The Hall–Kier alpha value is -4.30. The summed E-state index contributed by atoms with van der Waals surface area (Å²) in [6.07, 6.45) is 7.78. The van der Waals surface area contributed by atoms with E-state index in [0.29, 0.717) is 82.5 Å². The Kier molecular flexibility index (Phi) is 17.7. The number of carbonyl (C=O) groups is 8. The van der Waals surface area contributed by atoms with Crippen molar-refractivity contribution >= 4 is 47.6 Å². The Bertz CT molecular complexity index is 1090. The first kappa shape index (κ1) is 37.9. The molecular weight excluding hydrogens is 604 g/mol. The van der Waals surface area contributed by atoms with Gasteiger partial charge >= 0.3 is 12.1 Å². The number of nitrogens with zero attached hydrogens (tertiary/aromatic N) is 2. The molecule has 0 aromatic rings. The summed E-state index contributed by atoms with van der Waals surface area (Å²) in [5.74, 6) is -2.53. The highest BCUT2D eigenvalue weighted by Crippen LogP contribution is 2.15. The van der Waals surface area contributed by atoms with Gasteiger partial charge in [-0.1, -0.05) is 31.2 Å². The Labute approximate surface area is 268 Å². The van der Waals surface area contributed by atoms with Crippen molar-refractivity contribution < 1.29 is 52.7 Å². The van der Waals surface area contributed by atoms with E-state index in [4.69, 9.17) is 9.47 Å². The highest BCUT2D eigenvalue weighted by molar-refractivity contribution is 6.12. The van der Waals surface area contributed by atoms with E-state index in [1.54, 1.807) is 6.92 Å². The second-order valence-electron chi connectivity index (χ2n) is 11.0. The van der Waals surface area contributed by atoms with Crippen molar-refractivity contribution in [3.63, 3.8) is 0 Å². The van der Waals surface area contributed by atoms with Gasteiger partial charge in [0.05, 0.1) is 0 Å². The maximum Gasteiger partial charge on any atom is 0.537 e. The lowest BCUT2D eigenvalue weighted by Gasteiger charge is -2.19. The number of imide groups is 2. The van der Waals surface area contributed by atoms with Gasteiger partial charge in [-0.15, -0.1) is 0 Å². The van der Waals surface area contributed by atoms with Crippen LogP contribution in [0.15, 0.2) is 12.2 Å². The normalized spacial score (nSPS) is 14.9. The predicted molar refractivity (Wildman–Crippen MR) is 161 cm³/mol. The lowest BCUT2D eigenvalue weighted by Crippen LogP contribution is -2.34. The van der Waals surface area contributed by atoms with Gasteiger partial charge in [0.2, 0.25) is 11.8 Å². The third-order valence-electron chi connectivity index (χ3n) is 7.16. The molecule has 0 bridgehead atoms. The van der Waals surface area contributed by atoms with E-state index in [1.807, 2.05) is 0 Å². The maximum atomic E-state index is 12.2. The molecule has 0 spiro atoms. The minimum Gasteiger partial charge on any atom is -0.425 e. The molecule has 0 aromatic heterocycles. The molecule has 15 heteroatoms. The molecule has 15 nitrogen and oxygen atoms in total. The van der Waals surface area contributed by atoms with Crippen molar-refractivity contribution in [1.82, 2.24) is 20.6 Å². The molecule has 2 heterocycles. The molecule has 6 amide bonds. The van der Waals surface area contributed by atoms with Crippen molar-refractivity contribution in [2.75, 3.05) is 19.6 Å². The van der Waals surface area contributed by atoms with Gasteiger partial charge in [-0.2, -0.15) is 0 Å². The van der Waals surface area contributed by atoms with Crippen molar-refractivity contribution in [1.29, 1.82) is 0 Å². The molecule has 0 aromatic carbocycles. The van der Waals surface area contributed by atoms with Crippen LogP contribution in [0.3, 0.4) is 0 Å². The molecule has 46 heavy (non-hydrogen) atoms. The number of hydroxylamine groups is 2. The molecule has 1 fully saturated rings. The predicted octanol–water partition coefficient (Wildman–Crippen LogP) is 2.71. The molecule has 2 N–H and O–H groups in total. The fraction of sp³-hybridized carbons (Fsp3) is 0.677. The Morgan fingerprint density at radius 1 is 0.717 bits per heavy atom. The van der Waals surface area contributed by atoms with E-state index < -0.39 is 30.2 Å². The first-order valence-electron chi connectivity index (χ1n) is 16.1. The molecule has 2 aliphatic heterocycles. The van der Waals surface area contributed by atoms with Gasteiger partial charge in [0.15, 0.2) is 0 Å². The first-order valence-corrected chi connectivity index (χ1v) is 16.1. The summed E-state index contributed by atoms with van der Waals surface area (Å²) in [6.45, 7) is 3.19. The number of nitrogens with one attached hydrogen (secondary N) is 2. The number of esters is 1. The minimum absolute atomic E-state index is 0.0368. The van der Waals surface area contributed by atoms with E-state index in [2.05, 4.69) is 15.5 Å². The zero-order valence-electron chi connectivity index (χ0n) is 26.6. The summed E-state index contributed by atoms with van der Waals surface area (Å²) >= 11 is 0. The molecule has 1 saturated heterocycles. The monoisotopic (exact) mass is 650 g/mol. The molecule has 1 atom stereocenters. The van der Waals surface area contributed by atoms with Gasteiger partial charge in [-0.05, 0) is 44.9 Å². The van der Waals surface area contributed by atoms with Crippen LogP contribution in [-0.4, -0.2) is 83.5 Å². The second kappa shape index (κ2) is 21.4. The third-order valence-corrected chi connectivity index (χ3v) is 7.16. The van der Waals surface area contributed by atoms with Gasteiger partial charge in [-0.3, -0.25) is 43.3 Å². The smallest absolute Gasteiger partial charge is 0.425 e. The van der Waals surface area contributed by atoms with Gasteiger partial charge in [0.1, 0.15) is 0 Å². The molecule has 0 aliphatic carbocycles. The average Bonchev–Trinajstić information content (AvgIpc) is 3.50. The van der Waals surface area contributed by atoms with Crippen LogP contribution in [0.1, 0.15) is 110 Å². The highest BCUT2D eigenvalue weighted by Gasteiger charge is 2.34. The molecule has 256 valence electrons. The summed E-state index contributed by atoms with van der Waals surface area (Å²) in [5, 5.41) is 6.07. The number of carbonyl (C=O) groups excluding carboxylic acids is 8. The van der Waals surface area contributed by atoms with Gasteiger partial charge in [0.25, 0.3) is 29.9 Å². The fourth-order valence-electron chi connectivity index (χ4n) is 4.62. The van der Waals surface area contributed by atoms with Crippen LogP contribution in [0.5, 0.6) is 0 Å². The third kappa shape index (κ3) is 15.1. The van der Waals surface area contributed by atoms with Crippen LogP contribution in [0.2, 0.25) is 0 Å². The zero-order valence-corrected chi connectivity index (χ0v) is 26.6. The fourth-order valence-corrected chi connectivity index (χ4v) is 4.62. The van der Waals surface area contributed by atoms with Gasteiger partial charge < -0.3 is 20.1 Å². The number of hydrogen-bond donors (Lipinski definition) is 2. The van der Waals surface area contributed by atoms with Crippen LogP contribution < -0.4 is 10.6 Å².